The summed E-state index contributed by atoms with van der Waals surface area (Å²) in [4.78, 5) is 30.7. The van der Waals surface area contributed by atoms with Gasteiger partial charge in [0.05, 0.1) is 4.92 Å². The highest BCUT2D eigenvalue weighted by Crippen LogP contribution is 2.27. The molecule has 4 aromatic rings. The van der Waals surface area contributed by atoms with Gasteiger partial charge in [-0.15, -0.1) is 0 Å². The number of aryl methyl sites for hydroxylation is 1. The zero-order chi connectivity index (χ0) is 20.4. The van der Waals surface area contributed by atoms with Crippen LogP contribution in [0.4, 0.5) is 5.69 Å². The molecule has 0 aliphatic carbocycles. The van der Waals surface area contributed by atoms with Gasteiger partial charge in [-0.3, -0.25) is 10.1 Å². The third-order valence-electron chi connectivity index (χ3n) is 4.27. The Balaban J connectivity index is 1.69. The van der Waals surface area contributed by atoms with Crippen LogP contribution in [0.2, 0.25) is 0 Å². The Bertz CT molecular complexity index is 1270. The summed E-state index contributed by atoms with van der Waals surface area (Å²) in [5, 5.41) is 11.6. The molecule has 2 aromatic heterocycles. The minimum atomic E-state index is -0.459. The Morgan fingerprint density at radius 2 is 1.79 bits per heavy atom. The number of nitrogens with zero attached hydrogens (tertiary/aromatic N) is 3. The zero-order valence-electron chi connectivity index (χ0n) is 15.4. The van der Waals surface area contributed by atoms with Crippen LogP contribution in [0.15, 0.2) is 69.9 Å². The summed E-state index contributed by atoms with van der Waals surface area (Å²) in [6.45, 7) is 1.95. The van der Waals surface area contributed by atoms with Crippen molar-refractivity contribution in [3.8, 4) is 23.0 Å². The Morgan fingerprint density at radius 3 is 2.52 bits per heavy atom. The molecule has 4 rings (SSSR count). The van der Waals surface area contributed by atoms with Gasteiger partial charge in [0.2, 0.25) is 5.88 Å². The maximum atomic E-state index is 11.4. The maximum absolute atomic E-state index is 11.4. The molecule has 0 saturated carbocycles. The lowest BCUT2D eigenvalue weighted by atomic mass is 10.2. The van der Waals surface area contributed by atoms with Gasteiger partial charge in [0.1, 0.15) is 11.3 Å². The van der Waals surface area contributed by atoms with Crippen molar-refractivity contribution in [3.05, 3.63) is 86.9 Å². The Morgan fingerprint density at radius 1 is 1.03 bits per heavy atom. The quantitative estimate of drug-likeness (QED) is 0.281. The first-order chi connectivity index (χ1) is 14.0. The van der Waals surface area contributed by atoms with Gasteiger partial charge in [0.25, 0.3) is 5.69 Å². The highest BCUT2D eigenvalue weighted by molar-refractivity contribution is 5.77. The van der Waals surface area contributed by atoms with Crippen LogP contribution < -0.4 is 10.4 Å². The molecule has 0 fully saturated rings. The van der Waals surface area contributed by atoms with Crippen molar-refractivity contribution >= 4 is 16.7 Å². The minimum Gasteiger partial charge on any atom is -0.439 e. The number of rotatable bonds is 5. The first kappa shape index (κ1) is 18.3. The molecule has 0 atom stereocenters. The van der Waals surface area contributed by atoms with Crippen LogP contribution in [-0.4, -0.2) is 14.9 Å². The summed E-state index contributed by atoms with van der Waals surface area (Å²) in [7, 11) is 0. The molecular weight excluding hydrogens is 374 g/mol. The van der Waals surface area contributed by atoms with Crippen molar-refractivity contribution in [3.63, 3.8) is 0 Å². The summed E-state index contributed by atoms with van der Waals surface area (Å²) in [6, 6.07) is 15.9. The lowest BCUT2D eigenvalue weighted by Gasteiger charge is -2.09. The second kappa shape index (κ2) is 7.51. The van der Waals surface area contributed by atoms with Crippen LogP contribution in [0.5, 0.6) is 11.6 Å². The number of benzene rings is 2. The average molecular weight is 389 g/mol. The monoisotopic (exact) mass is 389 g/mol. The number of nitro groups is 1. The number of fused-ring (bicyclic) bond motifs is 1. The highest BCUT2D eigenvalue weighted by atomic mass is 16.6. The molecule has 0 unspecified atom stereocenters. The third kappa shape index (κ3) is 3.96. The molecule has 0 saturated heterocycles. The summed E-state index contributed by atoms with van der Waals surface area (Å²) in [5.74, 6) is 1.19. The normalized spacial score (nSPS) is 10.8. The lowest BCUT2D eigenvalue weighted by molar-refractivity contribution is -0.384. The third-order valence-corrected chi connectivity index (χ3v) is 4.27. The fourth-order valence-corrected chi connectivity index (χ4v) is 2.79. The molecule has 2 aromatic carbocycles. The van der Waals surface area contributed by atoms with Gasteiger partial charge in [-0.05, 0) is 36.8 Å². The van der Waals surface area contributed by atoms with Crippen LogP contribution in [0.1, 0.15) is 12.6 Å². The SMILES string of the molecule is CCc1cc(Oc2ccc3ccc(=O)oc3c2)nc(-c2ccc([N+](=O)[O-])cc2)n1. The fraction of sp³-hybridized carbons (Fsp3) is 0.0952. The van der Waals surface area contributed by atoms with E-state index in [1.54, 1.807) is 42.5 Å². The van der Waals surface area contributed by atoms with E-state index in [1.807, 2.05) is 6.92 Å². The predicted octanol–water partition coefficient (Wildman–Crippen LogP) is 4.51. The molecule has 2 heterocycles. The van der Waals surface area contributed by atoms with Crippen molar-refractivity contribution in [2.24, 2.45) is 0 Å². The molecule has 0 bridgehead atoms. The van der Waals surface area contributed by atoms with Gasteiger partial charge in [-0.1, -0.05) is 6.92 Å². The second-order valence-electron chi connectivity index (χ2n) is 6.23. The van der Waals surface area contributed by atoms with Crippen LogP contribution in [0.25, 0.3) is 22.4 Å². The summed E-state index contributed by atoms with van der Waals surface area (Å²) < 4.78 is 11.1. The van der Waals surface area contributed by atoms with Crippen molar-refractivity contribution in [1.29, 1.82) is 0 Å². The lowest BCUT2D eigenvalue weighted by Crippen LogP contribution is -1.99. The van der Waals surface area contributed by atoms with Gasteiger partial charge in [0, 0.05) is 47.0 Å². The van der Waals surface area contributed by atoms with Crippen molar-refractivity contribution in [2.75, 3.05) is 0 Å². The van der Waals surface area contributed by atoms with E-state index < -0.39 is 10.5 Å². The zero-order valence-corrected chi connectivity index (χ0v) is 15.4. The van der Waals surface area contributed by atoms with Crippen molar-refractivity contribution in [1.82, 2.24) is 9.97 Å². The standard InChI is InChI=1S/C21H15N3O5/c1-2-15-11-19(23-21(22-15)14-3-7-16(8-4-14)24(26)27)28-17-9-5-13-6-10-20(25)29-18(13)12-17/h3-12H,2H2,1H3. The largest absolute Gasteiger partial charge is 0.439 e. The summed E-state index contributed by atoms with van der Waals surface area (Å²) >= 11 is 0. The summed E-state index contributed by atoms with van der Waals surface area (Å²) in [5.41, 5.74) is 1.37. The van der Waals surface area contributed by atoms with Crippen molar-refractivity contribution in [2.45, 2.75) is 13.3 Å². The predicted molar refractivity (Wildman–Crippen MR) is 106 cm³/mol. The first-order valence-electron chi connectivity index (χ1n) is 8.86. The van der Waals surface area contributed by atoms with E-state index in [0.717, 1.165) is 11.1 Å². The minimum absolute atomic E-state index is 0.00507. The van der Waals surface area contributed by atoms with Gasteiger partial charge in [0.15, 0.2) is 5.82 Å². The van der Waals surface area contributed by atoms with Crippen LogP contribution in [0.3, 0.4) is 0 Å². The number of nitro benzene ring substituents is 1. The Hall–Kier alpha value is -4.07. The molecule has 8 nitrogen and oxygen atoms in total. The first-order valence-corrected chi connectivity index (χ1v) is 8.86. The summed E-state index contributed by atoms with van der Waals surface area (Å²) in [6.07, 6.45) is 0.658. The van der Waals surface area contributed by atoms with Gasteiger partial charge in [-0.25, -0.2) is 9.78 Å². The fourth-order valence-electron chi connectivity index (χ4n) is 2.79. The average Bonchev–Trinajstić information content (AvgIpc) is 2.73. The van der Waals surface area contributed by atoms with Crippen LogP contribution in [-0.2, 0) is 6.42 Å². The Kier molecular flexibility index (Phi) is 4.74. The molecule has 29 heavy (non-hydrogen) atoms. The number of hydrogen-bond donors (Lipinski definition) is 0. The molecule has 144 valence electrons. The number of hydrogen-bond acceptors (Lipinski definition) is 7. The van der Waals surface area contributed by atoms with E-state index in [4.69, 9.17) is 9.15 Å². The molecular formula is C21H15N3O5. The molecule has 0 radical (unpaired) electrons. The smallest absolute Gasteiger partial charge is 0.336 e. The van der Waals surface area contributed by atoms with Crippen molar-refractivity contribution < 1.29 is 14.1 Å². The second-order valence-corrected chi connectivity index (χ2v) is 6.23. The molecule has 0 aliphatic heterocycles. The van der Waals surface area contributed by atoms with E-state index in [-0.39, 0.29) is 5.69 Å². The van der Waals surface area contributed by atoms with Gasteiger partial charge < -0.3 is 9.15 Å². The number of ether oxygens (including phenoxy) is 1. The molecule has 0 N–H and O–H groups in total. The van der Waals surface area contributed by atoms with Crippen LogP contribution in [0, 0.1) is 10.1 Å². The van der Waals surface area contributed by atoms with Gasteiger partial charge >= 0.3 is 5.63 Å². The van der Waals surface area contributed by atoms with E-state index in [0.29, 0.717) is 35.0 Å². The molecule has 0 aliphatic rings. The highest BCUT2D eigenvalue weighted by Gasteiger charge is 2.11. The molecule has 0 spiro atoms. The van der Waals surface area contributed by atoms with E-state index in [1.165, 1.54) is 18.2 Å². The maximum Gasteiger partial charge on any atom is 0.336 e. The molecule has 0 amide bonds. The van der Waals surface area contributed by atoms with Crippen LogP contribution >= 0.6 is 0 Å². The number of aromatic nitrogens is 2. The Labute approximate surface area is 164 Å². The van der Waals surface area contributed by atoms with E-state index >= 15 is 0 Å². The topological polar surface area (TPSA) is 108 Å². The number of non-ortho nitro benzene ring substituents is 1. The van der Waals surface area contributed by atoms with E-state index in [2.05, 4.69) is 9.97 Å². The van der Waals surface area contributed by atoms with Gasteiger partial charge in [-0.2, -0.15) is 4.98 Å². The van der Waals surface area contributed by atoms with E-state index in [9.17, 15) is 14.9 Å². The molecule has 8 heteroatoms.